The van der Waals surface area contributed by atoms with E-state index in [4.69, 9.17) is 10.5 Å². The van der Waals surface area contributed by atoms with Crippen LogP contribution >= 0.6 is 0 Å². The van der Waals surface area contributed by atoms with E-state index in [0.717, 1.165) is 11.3 Å². The Labute approximate surface area is 127 Å². The van der Waals surface area contributed by atoms with E-state index in [2.05, 4.69) is 58.0 Å². The highest BCUT2D eigenvalue weighted by atomic mass is 16.5. The first-order valence-corrected chi connectivity index (χ1v) is 7.42. The van der Waals surface area contributed by atoms with E-state index in [1.807, 2.05) is 18.2 Å². The van der Waals surface area contributed by atoms with Crippen molar-refractivity contribution in [1.82, 2.24) is 0 Å². The lowest BCUT2D eigenvalue weighted by Gasteiger charge is -2.20. The van der Waals surface area contributed by atoms with Gasteiger partial charge >= 0.3 is 0 Å². The second-order valence-electron chi connectivity index (χ2n) is 6.61. The Morgan fingerprint density at radius 2 is 1.71 bits per heavy atom. The van der Waals surface area contributed by atoms with Gasteiger partial charge in [-0.1, -0.05) is 57.2 Å². The average molecular weight is 283 g/mol. The van der Waals surface area contributed by atoms with Gasteiger partial charge in [0.2, 0.25) is 0 Å². The predicted molar refractivity (Wildman–Crippen MR) is 88.7 cm³/mol. The first-order valence-electron chi connectivity index (χ1n) is 7.42. The van der Waals surface area contributed by atoms with Crippen molar-refractivity contribution in [3.05, 3.63) is 65.2 Å². The summed E-state index contributed by atoms with van der Waals surface area (Å²) in [6, 6.07) is 16.4. The van der Waals surface area contributed by atoms with Crippen LogP contribution in [-0.4, -0.2) is 6.61 Å². The number of rotatable bonds is 4. The van der Waals surface area contributed by atoms with Crippen molar-refractivity contribution in [2.75, 3.05) is 6.61 Å². The van der Waals surface area contributed by atoms with Crippen molar-refractivity contribution in [2.24, 2.45) is 5.73 Å². The molecule has 1 unspecified atom stereocenters. The molecule has 1 atom stereocenters. The van der Waals surface area contributed by atoms with Gasteiger partial charge in [0.25, 0.3) is 0 Å². The molecule has 112 valence electrons. The maximum absolute atomic E-state index is 6.22. The molecule has 0 saturated carbocycles. The number of hydrogen-bond donors (Lipinski definition) is 1. The van der Waals surface area contributed by atoms with Gasteiger partial charge in [0.15, 0.2) is 0 Å². The Balaban J connectivity index is 1.99. The van der Waals surface area contributed by atoms with Gasteiger partial charge in [-0.3, -0.25) is 0 Å². The van der Waals surface area contributed by atoms with Crippen LogP contribution in [-0.2, 0) is 5.41 Å². The van der Waals surface area contributed by atoms with Gasteiger partial charge in [-0.05, 0) is 41.2 Å². The van der Waals surface area contributed by atoms with Gasteiger partial charge in [0, 0.05) is 0 Å². The molecule has 2 aromatic carbocycles. The second kappa shape index (κ2) is 6.31. The minimum absolute atomic E-state index is 0.112. The third-order valence-corrected chi connectivity index (χ3v) is 3.62. The molecule has 0 aliphatic rings. The summed E-state index contributed by atoms with van der Waals surface area (Å²) in [5.41, 5.74) is 10.00. The minimum Gasteiger partial charge on any atom is -0.492 e. The van der Waals surface area contributed by atoms with E-state index >= 15 is 0 Å². The van der Waals surface area contributed by atoms with Crippen LogP contribution in [0.15, 0.2) is 48.5 Å². The molecule has 21 heavy (non-hydrogen) atoms. The van der Waals surface area contributed by atoms with Crippen LogP contribution in [0.5, 0.6) is 5.75 Å². The fraction of sp³-hybridized carbons (Fsp3) is 0.368. The van der Waals surface area contributed by atoms with Crippen LogP contribution < -0.4 is 10.5 Å². The molecule has 0 aliphatic carbocycles. The third kappa shape index (κ3) is 4.33. The topological polar surface area (TPSA) is 35.2 Å². The molecule has 2 N–H and O–H groups in total. The first-order chi connectivity index (χ1) is 9.86. The average Bonchev–Trinajstić information content (AvgIpc) is 2.44. The monoisotopic (exact) mass is 283 g/mol. The Kier molecular flexibility index (Phi) is 4.69. The fourth-order valence-corrected chi connectivity index (χ4v) is 2.22. The number of hydrogen-bond acceptors (Lipinski definition) is 2. The number of benzene rings is 2. The molecule has 2 rings (SSSR count). The van der Waals surface area contributed by atoms with E-state index in [1.165, 1.54) is 11.1 Å². The van der Waals surface area contributed by atoms with Crippen LogP contribution in [0.1, 0.15) is 43.5 Å². The minimum atomic E-state index is -0.112. The zero-order chi connectivity index (χ0) is 15.5. The molecule has 2 heteroatoms. The molecule has 0 radical (unpaired) electrons. The van der Waals surface area contributed by atoms with Crippen molar-refractivity contribution in [2.45, 2.75) is 39.2 Å². The highest BCUT2D eigenvalue weighted by Crippen LogP contribution is 2.24. The predicted octanol–water partition coefficient (Wildman–Crippen LogP) is 4.37. The Morgan fingerprint density at radius 3 is 2.29 bits per heavy atom. The van der Waals surface area contributed by atoms with E-state index in [1.54, 1.807) is 0 Å². The normalized spacial score (nSPS) is 13.0. The van der Waals surface area contributed by atoms with Crippen molar-refractivity contribution >= 4 is 0 Å². The largest absolute Gasteiger partial charge is 0.492 e. The van der Waals surface area contributed by atoms with E-state index in [-0.39, 0.29) is 11.5 Å². The smallest absolute Gasteiger partial charge is 0.119 e. The standard InChI is InChI=1S/C19H25NO/c1-14-6-5-7-17(12-14)21-13-18(20)15-8-10-16(11-9-15)19(2,3)4/h5-12,18H,13,20H2,1-4H3. The summed E-state index contributed by atoms with van der Waals surface area (Å²) in [6.07, 6.45) is 0. The van der Waals surface area contributed by atoms with Crippen molar-refractivity contribution < 1.29 is 4.74 Å². The summed E-state index contributed by atoms with van der Waals surface area (Å²) >= 11 is 0. The summed E-state index contributed by atoms with van der Waals surface area (Å²) < 4.78 is 5.78. The van der Waals surface area contributed by atoms with Crippen molar-refractivity contribution in [1.29, 1.82) is 0 Å². The second-order valence-corrected chi connectivity index (χ2v) is 6.61. The lowest BCUT2D eigenvalue weighted by Crippen LogP contribution is -2.19. The Bertz CT molecular complexity index is 581. The number of aryl methyl sites for hydroxylation is 1. The lowest BCUT2D eigenvalue weighted by molar-refractivity contribution is 0.290. The Morgan fingerprint density at radius 1 is 1.05 bits per heavy atom. The molecular weight excluding hydrogens is 258 g/mol. The van der Waals surface area contributed by atoms with Crippen LogP contribution in [0.2, 0.25) is 0 Å². The van der Waals surface area contributed by atoms with Crippen LogP contribution in [0, 0.1) is 6.92 Å². The van der Waals surface area contributed by atoms with Gasteiger partial charge < -0.3 is 10.5 Å². The molecule has 0 heterocycles. The molecule has 0 aliphatic heterocycles. The quantitative estimate of drug-likeness (QED) is 0.904. The number of ether oxygens (including phenoxy) is 1. The highest BCUT2D eigenvalue weighted by molar-refractivity contribution is 5.30. The van der Waals surface area contributed by atoms with Crippen LogP contribution in [0.3, 0.4) is 0 Å². The maximum Gasteiger partial charge on any atom is 0.119 e. The molecular formula is C19H25NO. The summed E-state index contributed by atoms with van der Waals surface area (Å²) in [5.74, 6) is 0.872. The SMILES string of the molecule is Cc1cccc(OCC(N)c2ccc(C(C)(C)C)cc2)c1. The highest BCUT2D eigenvalue weighted by Gasteiger charge is 2.14. The third-order valence-electron chi connectivity index (χ3n) is 3.62. The van der Waals surface area contributed by atoms with Crippen LogP contribution in [0.4, 0.5) is 0 Å². The lowest BCUT2D eigenvalue weighted by atomic mass is 9.86. The molecule has 0 bridgehead atoms. The van der Waals surface area contributed by atoms with Crippen LogP contribution in [0.25, 0.3) is 0 Å². The van der Waals surface area contributed by atoms with Crippen molar-refractivity contribution in [3.8, 4) is 5.75 Å². The molecule has 0 amide bonds. The van der Waals surface area contributed by atoms with E-state index in [9.17, 15) is 0 Å². The molecule has 0 fully saturated rings. The molecule has 0 spiro atoms. The van der Waals surface area contributed by atoms with Crippen molar-refractivity contribution in [3.63, 3.8) is 0 Å². The van der Waals surface area contributed by atoms with Gasteiger partial charge in [-0.2, -0.15) is 0 Å². The first kappa shape index (κ1) is 15.6. The number of nitrogens with two attached hydrogens (primary N) is 1. The Hall–Kier alpha value is -1.80. The van der Waals surface area contributed by atoms with Gasteiger partial charge in [0.1, 0.15) is 12.4 Å². The molecule has 2 aromatic rings. The van der Waals surface area contributed by atoms with Gasteiger partial charge in [-0.15, -0.1) is 0 Å². The summed E-state index contributed by atoms with van der Waals surface area (Å²) in [6.45, 7) is 9.17. The maximum atomic E-state index is 6.22. The molecule has 0 saturated heterocycles. The van der Waals surface area contributed by atoms with E-state index < -0.39 is 0 Å². The van der Waals surface area contributed by atoms with E-state index in [0.29, 0.717) is 6.61 Å². The summed E-state index contributed by atoms with van der Waals surface area (Å²) in [5, 5.41) is 0. The van der Waals surface area contributed by atoms with Gasteiger partial charge in [0.05, 0.1) is 6.04 Å². The fourth-order valence-electron chi connectivity index (χ4n) is 2.22. The summed E-state index contributed by atoms with van der Waals surface area (Å²) in [4.78, 5) is 0. The zero-order valence-electron chi connectivity index (χ0n) is 13.4. The van der Waals surface area contributed by atoms with Gasteiger partial charge in [-0.25, -0.2) is 0 Å². The summed E-state index contributed by atoms with van der Waals surface area (Å²) in [7, 11) is 0. The molecule has 2 nitrogen and oxygen atoms in total. The zero-order valence-corrected chi connectivity index (χ0v) is 13.4. The molecule has 0 aromatic heterocycles.